The molecule has 1 aliphatic rings. The van der Waals surface area contributed by atoms with Crippen LogP contribution >= 0.6 is 0 Å². The normalized spacial score (nSPS) is 16.2. The van der Waals surface area contributed by atoms with Gasteiger partial charge in [0.15, 0.2) is 11.6 Å². The number of halogens is 1. The highest BCUT2D eigenvalue weighted by Gasteiger charge is 2.15. The number of amidine groups is 1. The van der Waals surface area contributed by atoms with E-state index in [1.54, 1.807) is 6.07 Å². The lowest BCUT2D eigenvalue weighted by Gasteiger charge is -2.29. The van der Waals surface area contributed by atoms with Crippen LogP contribution in [0.15, 0.2) is 18.2 Å². The Morgan fingerprint density at radius 2 is 1.94 bits per heavy atom. The molecule has 1 fully saturated rings. The van der Waals surface area contributed by atoms with Crippen molar-refractivity contribution < 1.29 is 9.50 Å². The average Bonchev–Trinajstić information content (AvgIpc) is 2.33. The molecule has 3 nitrogen and oxygen atoms in total. The number of rotatable bonds is 1. The van der Waals surface area contributed by atoms with E-state index in [4.69, 9.17) is 10.5 Å². The molecule has 1 aliphatic heterocycles. The highest BCUT2D eigenvalue weighted by atomic mass is 19.1. The Kier molecular flexibility index (Phi) is 3.08. The predicted molar refractivity (Wildman–Crippen MR) is 60.3 cm³/mol. The Labute approximate surface area is 94.0 Å². The van der Waals surface area contributed by atoms with E-state index in [0.717, 1.165) is 25.9 Å². The lowest BCUT2D eigenvalue weighted by molar-refractivity contribution is 0.341. The fraction of sp³-hybridized carbons (Fsp3) is 0.417. The Hall–Kier alpha value is -1.58. The Balaban J connectivity index is 2.16. The van der Waals surface area contributed by atoms with Gasteiger partial charge in [0.25, 0.3) is 0 Å². The van der Waals surface area contributed by atoms with Gasteiger partial charge < -0.3 is 10.0 Å². The second-order valence-electron chi connectivity index (χ2n) is 4.06. The summed E-state index contributed by atoms with van der Waals surface area (Å²) in [6.45, 7) is 1.72. The van der Waals surface area contributed by atoms with Gasteiger partial charge in [-0.1, -0.05) is 0 Å². The summed E-state index contributed by atoms with van der Waals surface area (Å²) in [5, 5.41) is 17.0. The molecule has 0 amide bonds. The first-order chi connectivity index (χ1) is 7.68. The standard InChI is InChI=1S/C12H15FN2O/c13-10-8-9(4-5-11(10)16)12(14)15-6-2-1-3-7-15/h4-5,8,14,16H,1-3,6-7H2. The molecule has 2 rings (SSSR count). The molecule has 1 aromatic rings. The molecule has 0 atom stereocenters. The first-order valence-electron chi connectivity index (χ1n) is 5.51. The zero-order valence-corrected chi connectivity index (χ0v) is 9.04. The molecular formula is C12H15FN2O. The van der Waals surface area contributed by atoms with Crippen LogP contribution in [0.4, 0.5) is 4.39 Å². The highest BCUT2D eigenvalue weighted by molar-refractivity contribution is 5.96. The number of hydrogen-bond acceptors (Lipinski definition) is 2. The summed E-state index contributed by atoms with van der Waals surface area (Å²) >= 11 is 0. The van der Waals surface area contributed by atoms with Gasteiger partial charge in [-0.3, -0.25) is 5.41 Å². The van der Waals surface area contributed by atoms with Crippen molar-refractivity contribution >= 4 is 5.84 Å². The third-order valence-corrected chi connectivity index (χ3v) is 2.89. The van der Waals surface area contributed by atoms with Crippen molar-refractivity contribution in [1.82, 2.24) is 4.90 Å². The minimum Gasteiger partial charge on any atom is -0.505 e. The Morgan fingerprint density at radius 1 is 1.25 bits per heavy atom. The van der Waals surface area contributed by atoms with E-state index in [1.807, 2.05) is 4.90 Å². The molecule has 0 spiro atoms. The molecule has 0 saturated carbocycles. The van der Waals surface area contributed by atoms with Gasteiger partial charge in [-0.25, -0.2) is 4.39 Å². The second kappa shape index (κ2) is 4.51. The zero-order chi connectivity index (χ0) is 11.5. The quantitative estimate of drug-likeness (QED) is 0.566. The van der Waals surface area contributed by atoms with Crippen LogP contribution in [-0.4, -0.2) is 28.9 Å². The van der Waals surface area contributed by atoms with Gasteiger partial charge >= 0.3 is 0 Å². The van der Waals surface area contributed by atoms with Crippen molar-refractivity contribution in [2.45, 2.75) is 19.3 Å². The Bertz CT molecular complexity index is 400. The maximum atomic E-state index is 13.1. The van der Waals surface area contributed by atoms with Crippen molar-refractivity contribution in [2.24, 2.45) is 0 Å². The minimum absolute atomic E-state index is 0.346. The maximum Gasteiger partial charge on any atom is 0.165 e. The summed E-state index contributed by atoms with van der Waals surface area (Å²) < 4.78 is 13.1. The number of likely N-dealkylation sites (tertiary alicyclic amines) is 1. The van der Waals surface area contributed by atoms with Crippen LogP contribution in [0.3, 0.4) is 0 Å². The molecule has 16 heavy (non-hydrogen) atoms. The van der Waals surface area contributed by atoms with Crippen molar-refractivity contribution in [3.8, 4) is 5.75 Å². The average molecular weight is 222 g/mol. The van der Waals surface area contributed by atoms with E-state index in [1.165, 1.54) is 18.6 Å². The first kappa shape index (κ1) is 10.9. The zero-order valence-electron chi connectivity index (χ0n) is 9.04. The van der Waals surface area contributed by atoms with Gasteiger partial charge in [-0.15, -0.1) is 0 Å². The largest absolute Gasteiger partial charge is 0.505 e. The summed E-state index contributed by atoms with van der Waals surface area (Å²) in [4.78, 5) is 1.95. The summed E-state index contributed by atoms with van der Waals surface area (Å²) in [6.07, 6.45) is 3.37. The molecule has 1 saturated heterocycles. The third kappa shape index (κ3) is 2.15. The van der Waals surface area contributed by atoms with E-state index in [0.29, 0.717) is 11.4 Å². The number of phenolic OH excluding ortho intramolecular Hbond substituents is 1. The Morgan fingerprint density at radius 3 is 2.56 bits per heavy atom. The third-order valence-electron chi connectivity index (χ3n) is 2.89. The number of piperidine rings is 1. The molecule has 1 heterocycles. The van der Waals surface area contributed by atoms with Crippen LogP contribution in [0, 0.1) is 11.2 Å². The van der Waals surface area contributed by atoms with E-state index >= 15 is 0 Å². The molecule has 0 bridgehead atoms. The van der Waals surface area contributed by atoms with Crippen molar-refractivity contribution in [3.05, 3.63) is 29.6 Å². The number of nitrogens with one attached hydrogen (secondary N) is 1. The maximum absolute atomic E-state index is 13.1. The molecule has 0 radical (unpaired) electrons. The number of nitrogens with zero attached hydrogens (tertiary/aromatic N) is 1. The summed E-state index contributed by atoms with van der Waals surface area (Å²) in [5.41, 5.74) is 0.525. The smallest absolute Gasteiger partial charge is 0.165 e. The first-order valence-corrected chi connectivity index (χ1v) is 5.51. The lowest BCUT2D eigenvalue weighted by atomic mass is 10.1. The van der Waals surface area contributed by atoms with Crippen molar-refractivity contribution in [2.75, 3.05) is 13.1 Å². The number of aromatic hydroxyl groups is 1. The molecule has 1 aromatic carbocycles. The number of phenols is 1. The molecule has 2 N–H and O–H groups in total. The van der Waals surface area contributed by atoms with E-state index < -0.39 is 5.82 Å². The number of benzene rings is 1. The van der Waals surface area contributed by atoms with E-state index in [9.17, 15) is 4.39 Å². The van der Waals surface area contributed by atoms with Gasteiger partial charge in [0.05, 0.1) is 0 Å². The molecule has 0 aromatic heterocycles. The SMILES string of the molecule is N=C(c1ccc(O)c(F)c1)N1CCCCC1. The van der Waals surface area contributed by atoms with Crippen LogP contribution in [-0.2, 0) is 0 Å². The fourth-order valence-electron chi connectivity index (χ4n) is 1.95. The topological polar surface area (TPSA) is 47.3 Å². The van der Waals surface area contributed by atoms with E-state index in [-0.39, 0.29) is 5.75 Å². The molecule has 0 unspecified atom stereocenters. The lowest BCUT2D eigenvalue weighted by Crippen LogP contribution is -2.35. The van der Waals surface area contributed by atoms with Gasteiger partial charge in [0, 0.05) is 18.7 Å². The fourth-order valence-corrected chi connectivity index (χ4v) is 1.95. The minimum atomic E-state index is -0.667. The highest BCUT2D eigenvalue weighted by Crippen LogP contribution is 2.19. The van der Waals surface area contributed by atoms with Crippen LogP contribution in [0.2, 0.25) is 0 Å². The van der Waals surface area contributed by atoms with Gasteiger partial charge in [-0.05, 0) is 37.5 Å². The van der Waals surface area contributed by atoms with Crippen molar-refractivity contribution in [3.63, 3.8) is 0 Å². The predicted octanol–water partition coefficient (Wildman–Crippen LogP) is 2.34. The summed E-state index contributed by atoms with van der Waals surface area (Å²) in [7, 11) is 0. The summed E-state index contributed by atoms with van der Waals surface area (Å²) in [6, 6.07) is 4.09. The van der Waals surface area contributed by atoms with E-state index in [2.05, 4.69) is 0 Å². The van der Waals surface area contributed by atoms with Gasteiger partial charge in [-0.2, -0.15) is 0 Å². The van der Waals surface area contributed by atoms with Gasteiger partial charge in [0.1, 0.15) is 5.84 Å². The molecule has 0 aliphatic carbocycles. The molecule has 86 valence electrons. The van der Waals surface area contributed by atoms with Crippen LogP contribution in [0.1, 0.15) is 24.8 Å². The molecule has 4 heteroatoms. The monoisotopic (exact) mass is 222 g/mol. The molecular weight excluding hydrogens is 207 g/mol. The van der Waals surface area contributed by atoms with Crippen LogP contribution < -0.4 is 0 Å². The second-order valence-corrected chi connectivity index (χ2v) is 4.06. The number of hydrogen-bond donors (Lipinski definition) is 2. The van der Waals surface area contributed by atoms with Crippen LogP contribution in [0.25, 0.3) is 0 Å². The van der Waals surface area contributed by atoms with Gasteiger partial charge in [0.2, 0.25) is 0 Å². The van der Waals surface area contributed by atoms with Crippen LogP contribution in [0.5, 0.6) is 5.75 Å². The summed E-state index contributed by atoms with van der Waals surface area (Å²) in [5.74, 6) is -0.687. The van der Waals surface area contributed by atoms with Crippen molar-refractivity contribution in [1.29, 1.82) is 5.41 Å².